The molecule has 0 aromatic heterocycles. The molecule has 32 heavy (non-hydrogen) atoms. The molecule has 0 saturated carbocycles. The molecule has 2 atom stereocenters. The SMILES string of the molecule is CCOC(=O)C1=C(C)NC(S(=O)CCNC=O)=C(C(=O)OCC)C1c1cccc(SC)c1. The van der Waals surface area contributed by atoms with Crippen LogP contribution in [0.25, 0.3) is 0 Å². The van der Waals surface area contributed by atoms with Gasteiger partial charge in [-0.2, -0.15) is 0 Å². The number of rotatable bonds is 11. The number of hydrogen-bond donors (Lipinski definition) is 2. The highest BCUT2D eigenvalue weighted by Gasteiger charge is 2.40. The van der Waals surface area contributed by atoms with Crippen LogP contribution in [0.4, 0.5) is 0 Å². The van der Waals surface area contributed by atoms with Gasteiger partial charge in [-0.05, 0) is 44.7 Å². The van der Waals surface area contributed by atoms with E-state index in [-0.39, 0.29) is 41.7 Å². The molecule has 2 unspecified atom stereocenters. The highest BCUT2D eigenvalue weighted by molar-refractivity contribution is 7.98. The van der Waals surface area contributed by atoms with Crippen molar-refractivity contribution in [3.63, 3.8) is 0 Å². The number of carbonyl (C=O) groups excluding carboxylic acids is 3. The van der Waals surface area contributed by atoms with Crippen LogP contribution in [0.2, 0.25) is 0 Å². The maximum absolute atomic E-state index is 13.1. The number of carbonyl (C=O) groups is 3. The van der Waals surface area contributed by atoms with E-state index in [1.165, 1.54) is 11.8 Å². The van der Waals surface area contributed by atoms with Gasteiger partial charge in [-0.25, -0.2) is 9.59 Å². The Hall–Kier alpha value is -2.59. The molecule has 2 N–H and O–H groups in total. The van der Waals surface area contributed by atoms with Crippen molar-refractivity contribution in [1.29, 1.82) is 0 Å². The number of allylic oxidation sites excluding steroid dienone is 1. The fraction of sp³-hybridized carbons (Fsp3) is 0.409. The third-order valence-corrected chi connectivity index (χ3v) is 6.77. The number of esters is 2. The predicted molar refractivity (Wildman–Crippen MR) is 124 cm³/mol. The zero-order valence-corrected chi connectivity index (χ0v) is 20.2. The summed E-state index contributed by atoms with van der Waals surface area (Å²) in [6.45, 7) is 5.51. The van der Waals surface area contributed by atoms with E-state index >= 15 is 0 Å². The molecule has 174 valence electrons. The minimum Gasteiger partial charge on any atom is -0.463 e. The Bertz CT molecular complexity index is 957. The van der Waals surface area contributed by atoms with E-state index in [0.29, 0.717) is 17.7 Å². The highest BCUT2D eigenvalue weighted by Crippen LogP contribution is 2.41. The first-order valence-electron chi connectivity index (χ1n) is 10.1. The Morgan fingerprint density at radius 1 is 1.19 bits per heavy atom. The molecule has 1 aliphatic rings. The van der Waals surface area contributed by atoms with Crippen LogP contribution < -0.4 is 10.6 Å². The molecule has 0 radical (unpaired) electrons. The summed E-state index contributed by atoms with van der Waals surface area (Å²) in [4.78, 5) is 37.6. The number of hydrogen-bond acceptors (Lipinski definition) is 8. The maximum atomic E-state index is 13.1. The topological polar surface area (TPSA) is 111 Å². The van der Waals surface area contributed by atoms with E-state index in [1.54, 1.807) is 20.8 Å². The van der Waals surface area contributed by atoms with Gasteiger partial charge in [0.05, 0.1) is 41.1 Å². The van der Waals surface area contributed by atoms with Gasteiger partial charge in [0.2, 0.25) is 6.41 Å². The van der Waals surface area contributed by atoms with Crippen molar-refractivity contribution < 1.29 is 28.1 Å². The summed E-state index contributed by atoms with van der Waals surface area (Å²) in [6.07, 6.45) is 2.45. The molecule has 10 heteroatoms. The van der Waals surface area contributed by atoms with Gasteiger partial charge in [-0.3, -0.25) is 9.00 Å². The maximum Gasteiger partial charge on any atom is 0.337 e. The zero-order chi connectivity index (χ0) is 23.7. The lowest BCUT2D eigenvalue weighted by atomic mass is 9.82. The van der Waals surface area contributed by atoms with Gasteiger partial charge < -0.3 is 20.1 Å². The van der Waals surface area contributed by atoms with E-state index in [2.05, 4.69) is 10.6 Å². The Morgan fingerprint density at radius 2 is 1.84 bits per heavy atom. The summed E-state index contributed by atoms with van der Waals surface area (Å²) in [6, 6.07) is 7.47. The number of benzene rings is 1. The van der Waals surface area contributed by atoms with Gasteiger partial charge in [0.1, 0.15) is 5.03 Å². The van der Waals surface area contributed by atoms with E-state index in [0.717, 1.165) is 4.90 Å². The lowest BCUT2D eigenvalue weighted by molar-refractivity contribution is -0.139. The normalized spacial score (nSPS) is 16.8. The van der Waals surface area contributed by atoms with Gasteiger partial charge >= 0.3 is 11.9 Å². The molecule has 1 aliphatic heterocycles. The lowest BCUT2D eigenvalue weighted by Crippen LogP contribution is -2.36. The van der Waals surface area contributed by atoms with Crippen molar-refractivity contribution in [2.75, 3.05) is 31.8 Å². The summed E-state index contributed by atoms with van der Waals surface area (Å²) in [7, 11) is -1.66. The number of amides is 1. The monoisotopic (exact) mass is 480 g/mol. The molecule has 1 aromatic carbocycles. The molecular formula is C22H28N2O6S2. The molecule has 0 saturated heterocycles. The molecule has 1 aromatic rings. The van der Waals surface area contributed by atoms with Crippen LogP contribution >= 0.6 is 11.8 Å². The fourth-order valence-electron chi connectivity index (χ4n) is 3.34. The third-order valence-electron chi connectivity index (χ3n) is 4.69. The van der Waals surface area contributed by atoms with E-state index in [9.17, 15) is 18.6 Å². The highest BCUT2D eigenvalue weighted by atomic mass is 32.2. The minimum absolute atomic E-state index is 0.0869. The molecule has 1 heterocycles. The number of ether oxygens (including phenoxy) is 2. The molecule has 0 aliphatic carbocycles. The van der Waals surface area contributed by atoms with E-state index < -0.39 is 28.7 Å². The minimum atomic E-state index is -1.66. The molecule has 0 spiro atoms. The van der Waals surface area contributed by atoms with Gasteiger partial charge in [0.25, 0.3) is 0 Å². The second-order valence-electron chi connectivity index (χ2n) is 6.68. The second kappa shape index (κ2) is 12.4. The van der Waals surface area contributed by atoms with Crippen molar-refractivity contribution in [3.8, 4) is 0 Å². The smallest absolute Gasteiger partial charge is 0.337 e. The average Bonchev–Trinajstić information content (AvgIpc) is 2.78. The molecular weight excluding hydrogens is 452 g/mol. The Labute approximate surface area is 194 Å². The van der Waals surface area contributed by atoms with Crippen molar-refractivity contribution in [2.24, 2.45) is 0 Å². The van der Waals surface area contributed by atoms with Crippen LogP contribution in [0.3, 0.4) is 0 Å². The van der Waals surface area contributed by atoms with E-state index in [1.807, 2.05) is 30.5 Å². The van der Waals surface area contributed by atoms with Crippen LogP contribution in [0, 0.1) is 0 Å². The Balaban J connectivity index is 2.72. The zero-order valence-electron chi connectivity index (χ0n) is 18.6. The quantitative estimate of drug-likeness (QED) is 0.215. The van der Waals surface area contributed by atoms with Gasteiger partial charge in [-0.1, -0.05) is 12.1 Å². The molecule has 0 bridgehead atoms. The lowest BCUT2D eigenvalue weighted by Gasteiger charge is -2.31. The van der Waals surface area contributed by atoms with Gasteiger partial charge in [-0.15, -0.1) is 11.8 Å². The summed E-state index contributed by atoms with van der Waals surface area (Å²) in [5, 5.41) is 5.63. The third kappa shape index (κ3) is 6.01. The summed E-state index contributed by atoms with van der Waals surface area (Å²) < 4.78 is 23.7. The van der Waals surface area contributed by atoms with Crippen LogP contribution in [0.1, 0.15) is 32.3 Å². The van der Waals surface area contributed by atoms with Crippen molar-refractivity contribution >= 4 is 40.9 Å². The van der Waals surface area contributed by atoms with Gasteiger partial charge in [0, 0.05) is 22.9 Å². The van der Waals surface area contributed by atoms with Crippen LogP contribution in [0.15, 0.2) is 51.0 Å². The van der Waals surface area contributed by atoms with Gasteiger partial charge in [0.15, 0.2) is 0 Å². The van der Waals surface area contributed by atoms with Crippen molar-refractivity contribution in [2.45, 2.75) is 31.6 Å². The predicted octanol–water partition coefficient (Wildman–Crippen LogP) is 2.20. The Kier molecular flexibility index (Phi) is 9.98. The van der Waals surface area contributed by atoms with Crippen molar-refractivity contribution in [1.82, 2.24) is 10.6 Å². The second-order valence-corrected chi connectivity index (χ2v) is 9.07. The average molecular weight is 481 g/mol. The first-order chi connectivity index (χ1) is 15.4. The molecule has 8 nitrogen and oxygen atoms in total. The summed E-state index contributed by atoms with van der Waals surface area (Å²) in [5.74, 6) is -1.96. The number of nitrogens with one attached hydrogen (secondary N) is 2. The first kappa shape index (κ1) is 25.7. The van der Waals surface area contributed by atoms with Crippen molar-refractivity contribution in [3.05, 3.63) is 51.7 Å². The summed E-state index contributed by atoms with van der Waals surface area (Å²) in [5.41, 5.74) is 1.50. The standard InChI is InChI=1S/C22H28N2O6S2/c1-5-29-21(26)17-14(3)24-20(32(28)11-10-23-13-25)19(22(27)30-6-2)18(17)15-8-7-9-16(12-15)31-4/h7-9,12-13,18,24H,5-6,10-11H2,1-4H3,(H,23,25). The van der Waals surface area contributed by atoms with Crippen LogP contribution in [0.5, 0.6) is 0 Å². The van der Waals surface area contributed by atoms with Crippen LogP contribution in [-0.4, -0.2) is 54.3 Å². The first-order valence-corrected chi connectivity index (χ1v) is 12.7. The number of thioether (sulfide) groups is 1. The van der Waals surface area contributed by atoms with E-state index in [4.69, 9.17) is 9.47 Å². The molecule has 2 rings (SSSR count). The largest absolute Gasteiger partial charge is 0.463 e. The summed E-state index contributed by atoms with van der Waals surface area (Å²) >= 11 is 1.53. The number of dihydropyridines is 1. The Morgan fingerprint density at radius 3 is 2.44 bits per heavy atom. The van der Waals surface area contributed by atoms with Crippen LogP contribution in [-0.2, 0) is 34.7 Å². The molecule has 0 fully saturated rings. The molecule has 1 amide bonds. The fourth-order valence-corrected chi connectivity index (χ4v) is 5.03.